The van der Waals surface area contributed by atoms with Gasteiger partial charge in [0, 0.05) is 24.7 Å². The number of amides is 1. The minimum Gasteiger partial charge on any atom is -0.387 e. The van der Waals surface area contributed by atoms with Gasteiger partial charge in [0.2, 0.25) is 0 Å². The molecule has 2 rings (SSSR count). The molecular formula is C19H30N2O2. The number of benzene rings is 1. The maximum atomic E-state index is 12.4. The number of hydrogen-bond donors (Lipinski definition) is 3. The predicted octanol–water partition coefficient (Wildman–Crippen LogP) is 3.03. The van der Waals surface area contributed by atoms with Gasteiger partial charge in [0.25, 0.3) is 5.91 Å². The smallest absolute Gasteiger partial charge is 0.251 e. The van der Waals surface area contributed by atoms with Gasteiger partial charge in [0.05, 0.1) is 6.10 Å². The van der Waals surface area contributed by atoms with Crippen molar-refractivity contribution in [3.05, 3.63) is 35.4 Å². The number of aliphatic hydroxyl groups is 1. The molecule has 1 aromatic carbocycles. The van der Waals surface area contributed by atoms with Gasteiger partial charge in [-0.25, -0.2) is 0 Å². The average molecular weight is 318 g/mol. The van der Waals surface area contributed by atoms with Crippen LogP contribution in [0.1, 0.15) is 68.0 Å². The van der Waals surface area contributed by atoms with Crippen LogP contribution in [0.4, 0.5) is 0 Å². The predicted molar refractivity (Wildman–Crippen MR) is 93.4 cm³/mol. The molecule has 4 nitrogen and oxygen atoms in total. The molecule has 4 heteroatoms. The van der Waals surface area contributed by atoms with Crippen molar-refractivity contribution in [1.82, 2.24) is 10.6 Å². The first-order valence-corrected chi connectivity index (χ1v) is 8.90. The summed E-state index contributed by atoms with van der Waals surface area (Å²) in [4.78, 5) is 12.4. The van der Waals surface area contributed by atoms with E-state index < -0.39 is 6.10 Å². The first kappa shape index (κ1) is 18.0. The molecule has 23 heavy (non-hydrogen) atoms. The highest BCUT2D eigenvalue weighted by atomic mass is 16.3. The topological polar surface area (TPSA) is 61.4 Å². The number of rotatable bonds is 8. The van der Waals surface area contributed by atoms with Gasteiger partial charge in [-0.3, -0.25) is 4.79 Å². The molecular weight excluding hydrogens is 288 g/mol. The quantitative estimate of drug-likeness (QED) is 0.690. The fraction of sp³-hybridized carbons (Fsp3) is 0.632. The van der Waals surface area contributed by atoms with E-state index in [4.69, 9.17) is 0 Å². The molecule has 0 spiro atoms. The zero-order chi connectivity index (χ0) is 16.7. The molecule has 1 amide bonds. The van der Waals surface area contributed by atoms with E-state index in [1.54, 1.807) is 6.07 Å². The van der Waals surface area contributed by atoms with Crippen molar-refractivity contribution in [2.45, 2.75) is 58.1 Å². The Morgan fingerprint density at radius 2 is 1.96 bits per heavy atom. The van der Waals surface area contributed by atoms with Gasteiger partial charge in [-0.15, -0.1) is 0 Å². The third-order valence-electron chi connectivity index (χ3n) is 4.83. The number of hydrogen-bond acceptors (Lipinski definition) is 3. The van der Waals surface area contributed by atoms with Crippen molar-refractivity contribution in [2.75, 3.05) is 13.1 Å². The molecule has 2 unspecified atom stereocenters. The Morgan fingerprint density at radius 1 is 1.26 bits per heavy atom. The summed E-state index contributed by atoms with van der Waals surface area (Å²) in [5, 5.41) is 16.9. The van der Waals surface area contributed by atoms with Crippen molar-refractivity contribution >= 4 is 5.91 Å². The first-order valence-electron chi connectivity index (χ1n) is 8.90. The molecule has 0 saturated heterocycles. The molecule has 1 fully saturated rings. The average Bonchev–Trinajstić information content (AvgIpc) is 3.10. The van der Waals surface area contributed by atoms with Gasteiger partial charge < -0.3 is 15.7 Å². The summed E-state index contributed by atoms with van der Waals surface area (Å²) in [6.07, 6.45) is 5.29. The first-order chi connectivity index (χ1) is 11.1. The molecule has 0 radical (unpaired) electrons. The van der Waals surface area contributed by atoms with Crippen LogP contribution in [0, 0.1) is 5.92 Å². The monoisotopic (exact) mass is 318 g/mol. The second-order valence-electron chi connectivity index (χ2n) is 6.72. The minimum absolute atomic E-state index is 0.0965. The van der Waals surface area contributed by atoms with Crippen molar-refractivity contribution in [3.63, 3.8) is 0 Å². The van der Waals surface area contributed by atoms with Gasteiger partial charge in [-0.2, -0.15) is 0 Å². The highest BCUT2D eigenvalue weighted by molar-refractivity contribution is 5.95. The highest BCUT2D eigenvalue weighted by Gasteiger charge is 2.20. The molecule has 2 atom stereocenters. The molecule has 1 aliphatic carbocycles. The Kier molecular flexibility index (Phi) is 7.06. The standard InChI is InChI=1S/C19H30N2O2/c1-3-14(2)12-21-19(23)17-11-7-6-10-16(17)18(22)13-20-15-8-4-5-9-15/h6-7,10-11,14-15,18,20,22H,3-5,8-9,12-13H2,1-2H3,(H,21,23). The summed E-state index contributed by atoms with van der Waals surface area (Å²) in [6.45, 7) is 5.40. The van der Waals surface area contributed by atoms with Crippen molar-refractivity contribution in [3.8, 4) is 0 Å². The molecule has 3 N–H and O–H groups in total. The summed E-state index contributed by atoms with van der Waals surface area (Å²) in [5.41, 5.74) is 1.29. The van der Waals surface area contributed by atoms with E-state index >= 15 is 0 Å². The molecule has 0 heterocycles. The van der Waals surface area contributed by atoms with E-state index in [1.807, 2.05) is 18.2 Å². The number of aliphatic hydroxyl groups excluding tert-OH is 1. The molecule has 1 aliphatic rings. The third kappa shape index (κ3) is 5.33. The van der Waals surface area contributed by atoms with E-state index in [0.717, 1.165) is 6.42 Å². The van der Waals surface area contributed by atoms with Crippen LogP contribution in [0.25, 0.3) is 0 Å². The van der Waals surface area contributed by atoms with Crippen LogP contribution in [0.3, 0.4) is 0 Å². The fourth-order valence-electron chi connectivity index (χ4n) is 3.02. The summed E-state index contributed by atoms with van der Waals surface area (Å²) in [6, 6.07) is 7.87. The maximum absolute atomic E-state index is 12.4. The van der Waals surface area contributed by atoms with Crippen LogP contribution in [0.2, 0.25) is 0 Å². The Bertz CT molecular complexity index is 498. The summed E-state index contributed by atoms with van der Waals surface area (Å²) >= 11 is 0. The van der Waals surface area contributed by atoms with Gasteiger partial charge >= 0.3 is 0 Å². The zero-order valence-electron chi connectivity index (χ0n) is 14.3. The van der Waals surface area contributed by atoms with E-state index in [9.17, 15) is 9.90 Å². The third-order valence-corrected chi connectivity index (χ3v) is 4.83. The molecule has 1 aromatic rings. The normalized spacial score (nSPS) is 17.9. The maximum Gasteiger partial charge on any atom is 0.251 e. The fourth-order valence-corrected chi connectivity index (χ4v) is 3.02. The Hall–Kier alpha value is -1.39. The second-order valence-corrected chi connectivity index (χ2v) is 6.72. The number of carbonyl (C=O) groups excluding carboxylic acids is 1. The van der Waals surface area contributed by atoms with Crippen molar-refractivity contribution < 1.29 is 9.90 Å². The van der Waals surface area contributed by atoms with Gasteiger partial charge in [-0.05, 0) is 30.4 Å². The molecule has 0 aliphatic heterocycles. The lowest BCUT2D eigenvalue weighted by Crippen LogP contribution is -2.32. The lowest BCUT2D eigenvalue weighted by Gasteiger charge is -2.19. The molecule has 0 aromatic heterocycles. The number of carbonyl (C=O) groups is 1. The van der Waals surface area contributed by atoms with Crippen LogP contribution >= 0.6 is 0 Å². The molecule has 0 bridgehead atoms. The van der Waals surface area contributed by atoms with Crippen LogP contribution < -0.4 is 10.6 Å². The molecule has 128 valence electrons. The summed E-state index contributed by atoms with van der Waals surface area (Å²) < 4.78 is 0. The van der Waals surface area contributed by atoms with Gasteiger partial charge in [0.1, 0.15) is 0 Å². The summed E-state index contributed by atoms with van der Waals surface area (Å²) in [5.74, 6) is 0.362. The van der Waals surface area contributed by atoms with Crippen LogP contribution in [0.15, 0.2) is 24.3 Å². The SMILES string of the molecule is CCC(C)CNC(=O)c1ccccc1C(O)CNC1CCCC1. The van der Waals surface area contributed by atoms with Gasteiger partial charge in [-0.1, -0.05) is 51.3 Å². The van der Waals surface area contributed by atoms with E-state index in [2.05, 4.69) is 24.5 Å². The van der Waals surface area contributed by atoms with Crippen LogP contribution in [-0.4, -0.2) is 30.1 Å². The van der Waals surface area contributed by atoms with E-state index in [0.29, 0.717) is 36.2 Å². The second kappa shape index (κ2) is 9.04. The van der Waals surface area contributed by atoms with Crippen LogP contribution in [0.5, 0.6) is 0 Å². The number of nitrogens with one attached hydrogen (secondary N) is 2. The van der Waals surface area contributed by atoms with Crippen molar-refractivity contribution in [2.24, 2.45) is 5.92 Å². The Labute approximate surface area is 139 Å². The highest BCUT2D eigenvalue weighted by Crippen LogP contribution is 2.21. The minimum atomic E-state index is -0.652. The van der Waals surface area contributed by atoms with Crippen LogP contribution in [-0.2, 0) is 0 Å². The lowest BCUT2D eigenvalue weighted by molar-refractivity contribution is 0.0939. The largest absolute Gasteiger partial charge is 0.387 e. The zero-order valence-corrected chi connectivity index (χ0v) is 14.3. The van der Waals surface area contributed by atoms with Crippen molar-refractivity contribution in [1.29, 1.82) is 0 Å². The van der Waals surface area contributed by atoms with Gasteiger partial charge in [0.15, 0.2) is 0 Å². The Morgan fingerprint density at radius 3 is 2.65 bits per heavy atom. The summed E-state index contributed by atoms with van der Waals surface area (Å²) in [7, 11) is 0. The van der Waals surface area contributed by atoms with E-state index in [-0.39, 0.29) is 5.91 Å². The van der Waals surface area contributed by atoms with E-state index in [1.165, 1.54) is 25.7 Å². The Balaban J connectivity index is 1.96. The molecule has 1 saturated carbocycles. The lowest BCUT2D eigenvalue weighted by atomic mass is 10.0.